The molecule has 1 aliphatic heterocycles. The van der Waals surface area contributed by atoms with E-state index < -0.39 is 0 Å². The Balaban J connectivity index is 1.24. The molecule has 0 atom stereocenters. The van der Waals surface area contributed by atoms with Crippen LogP contribution in [0.15, 0.2) is 65.7 Å². The van der Waals surface area contributed by atoms with Gasteiger partial charge in [-0.15, -0.1) is 10.2 Å². The van der Waals surface area contributed by atoms with Crippen molar-refractivity contribution in [2.75, 3.05) is 47.0 Å². The van der Waals surface area contributed by atoms with Gasteiger partial charge in [0.15, 0.2) is 11.6 Å². The largest absolute Gasteiger partial charge is 0.368 e. The van der Waals surface area contributed by atoms with Gasteiger partial charge in [-0.05, 0) is 61.5 Å². The normalized spacial score (nSPS) is 13.6. The molecule has 1 amide bonds. The zero-order valence-electron chi connectivity index (χ0n) is 18.2. The Morgan fingerprint density at radius 1 is 0.970 bits per heavy atom. The zero-order valence-corrected chi connectivity index (χ0v) is 19.8. The molecule has 0 saturated carbocycles. The summed E-state index contributed by atoms with van der Waals surface area (Å²) in [5.74, 6) is 0.910. The number of halogens is 1. The minimum atomic E-state index is -0.140. The number of rotatable bonds is 7. The maximum Gasteiger partial charge on any atom is 0.234 e. The Morgan fingerprint density at radius 2 is 1.70 bits per heavy atom. The van der Waals surface area contributed by atoms with Crippen LogP contribution < -0.4 is 15.1 Å². The summed E-state index contributed by atoms with van der Waals surface area (Å²) in [6, 6.07) is 18.6. The molecule has 3 aromatic rings. The zero-order chi connectivity index (χ0) is 23.2. The Bertz CT molecular complexity index is 1120. The average molecular weight is 482 g/mol. The van der Waals surface area contributed by atoms with Crippen molar-refractivity contribution in [2.24, 2.45) is 0 Å². The van der Waals surface area contributed by atoms with Gasteiger partial charge in [-0.3, -0.25) is 9.59 Å². The number of ketones is 1. The van der Waals surface area contributed by atoms with Gasteiger partial charge in [-0.2, -0.15) is 0 Å². The predicted molar refractivity (Wildman–Crippen MR) is 134 cm³/mol. The fourth-order valence-electron chi connectivity index (χ4n) is 3.55. The number of piperazine rings is 1. The molecule has 1 aliphatic rings. The Hall–Kier alpha value is -3.10. The van der Waals surface area contributed by atoms with Crippen LogP contribution in [0.2, 0.25) is 5.02 Å². The third-order valence-electron chi connectivity index (χ3n) is 5.33. The number of anilines is 3. The van der Waals surface area contributed by atoms with Gasteiger partial charge in [0.05, 0.1) is 5.75 Å². The fourth-order valence-corrected chi connectivity index (χ4v) is 4.35. The predicted octanol–water partition coefficient (Wildman–Crippen LogP) is 4.39. The van der Waals surface area contributed by atoms with E-state index in [9.17, 15) is 9.59 Å². The van der Waals surface area contributed by atoms with E-state index in [-0.39, 0.29) is 17.4 Å². The topological polar surface area (TPSA) is 78.4 Å². The van der Waals surface area contributed by atoms with E-state index in [0.717, 1.165) is 42.7 Å². The Kier molecular flexibility index (Phi) is 7.47. The number of aromatic nitrogens is 2. The number of thioether (sulfide) groups is 1. The number of nitrogens with zero attached hydrogens (tertiary/aromatic N) is 4. The molecule has 1 saturated heterocycles. The van der Waals surface area contributed by atoms with Gasteiger partial charge in [-0.25, -0.2) is 0 Å². The van der Waals surface area contributed by atoms with Crippen LogP contribution in [0, 0.1) is 0 Å². The van der Waals surface area contributed by atoms with Gasteiger partial charge in [0.2, 0.25) is 5.91 Å². The first-order valence-electron chi connectivity index (χ1n) is 10.6. The molecule has 2 heterocycles. The highest BCUT2D eigenvalue weighted by molar-refractivity contribution is 7.99. The number of carbonyl (C=O) groups is 2. The van der Waals surface area contributed by atoms with Crippen LogP contribution in [-0.2, 0) is 4.79 Å². The quantitative estimate of drug-likeness (QED) is 0.396. The first-order chi connectivity index (χ1) is 16.0. The summed E-state index contributed by atoms with van der Waals surface area (Å²) in [5, 5.41) is 12.9. The van der Waals surface area contributed by atoms with E-state index in [2.05, 4.69) is 31.4 Å². The van der Waals surface area contributed by atoms with E-state index in [0.29, 0.717) is 16.3 Å². The molecule has 9 heteroatoms. The lowest BCUT2D eigenvalue weighted by atomic mass is 10.1. The molecule has 1 fully saturated rings. The van der Waals surface area contributed by atoms with Crippen molar-refractivity contribution in [3.8, 4) is 0 Å². The molecular weight excluding hydrogens is 458 g/mol. The number of carbonyl (C=O) groups excluding carboxylic acids is 2. The molecule has 33 heavy (non-hydrogen) atoms. The van der Waals surface area contributed by atoms with Crippen molar-refractivity contribution >= 4 is 52.2 Å². The fraction of sp³-hybridized carbons (Fsp3) is 0.250. The number of benzene rings is 2. The SMILES string of the molecule is CC(=O)c1ccc(NC(=O)CSc2ccc(N3CCN(c4cccc(Cl)c4)CC3)nn2)cc1. The molecule has 1 aromatic heterocycles. The molecule has 170 valence electrons. The van der Waals surface area contributed by atoms with Crippen LogP contribution in [0.25, 0.3) is 0 Å². The first-order valence-corrected chi connectivity index (χ1v) is 12.0. The highest BCUT2D eigenvalue weighted by Gasteiger charge is 2.19. The van der Waals surface area contributed by atoms with Gasteiger partial charge < -0.3 is 15.1 Å². The van der Waals surface area contributed by atoms with Crippen molar-refractivity contribution in [1.82, 2.24) is 10.2 Å². The summed E-state index contributed by atoms with van der Waals surface area (Å²) in [4.78, 5) is 28.1. The van der Waals surface area contributed by atoms with Gasteiger partial charge in [0, 0.05) is 48.1 Å². The number of Topliss-reactive ketones (excluding diaryl/α,β-unsaturated/α-hetero) is 1. The highest BCUT2D eigenvalue weighted by Crippen LogP contribution is 2.23. The molecule has 4 rings (SSSR count). The maximum absolute atomic E-state index is 12.2. The highest BCUT2D eigenvalue weighted by atomic mass is 35.5. The molecule has 0 aliphatic carbocycles. The average Bonchev–Trinajstić information content (AvgIpc) is 2.83. The van der Waals surface area contributed by atoms with Gasteiger partial charge in [0.25, 0.3) is 0 Å². The Labute approximate surface area is 202 Å². The molecule has 0 bridgehead atoms. The Morgan fingerprint density at radius 3 is 2.33 bits per heavy atom. The molecule has 0 radical (unpaired) electrons. The molecule has 0 spiro atoms. The van der Waals surface area contributed by atoms with Crippen molar-refractivity contribution in [3.05, 3.63) is 71.2 Å². The number of hydrogen-bond acceptors (Lipinski definition) is 7. The van der Waals surface area contributed by atoms with Gasteiger partial charge >= 0.3 is 0 Å². The van der Waals surface area contributed by atoms with Crippen molar-refractivity contribution in [1.29, 1.82) is 0 Å². The van der Waals surface area contributed by atoms with E-state index in [1.165, 1.54) is 18.7 Å². The van der Waals surface area contributed by atoms with Crippen LogP contribution in [0.4, 0.5) is 17.2 Å². The lowest BCUT2D eigenvalue weighted by Gasteiger charge is -2.36. The van der Waals surface area contributed by atoms with Crippen molar-refractivity contribution < 1.29 is 9.59 Å². The molecular formula is C24H24ClN5O2S. The van der Waals surface area contributed by atoms with E-state index >= 15 is 0 Å². The van der Waals surface area contributed by atoms with Crippen molar-refractivity contribution in [3.63, 3.8) is 0 Å². The number of amides is 1. The smallest absolute Gasteiger partial charge is 0.234 e. The third kappa shape index (κ3) is 6.24. The molecule has 1 N–H and O–H groups in total. The lowest BCUT2D eigenvalue weighted by molar-refractivity contribution is -0.113. The summed E-state index contributed by atoms with van der Waals surface area (Å²) in [5.41, 5.74) is 2.40. The summed E-state index contributed by atoms with van der Waals surface area (Å²) in [7, 11) is 0. The third-order valence-corrected chi connectivity index (χ3v) is 6.48. The summed E-state index contributed by atoms with van der Waals surface area (Å²) in [6.45, 7) is 4.97. The second-order valence-corrected chi connectivity index (χ2v) is 9.09. The number of hydrogen-bond donors (Lipinski definition) is 1. The van der Waals surface area contributed by atoms with E-state index in [1.807, 2.05) is 30.3 Å². The lowest BCUT2D eigenvalue weighted by Crippen LogP contribution is -2.46. The van der Waals surface area contributed by atoms with Crippen LogP contribution in [0.5, 0.6) is 0 Å². The van der Waals surface area contributed by atoms with Crippen LogP contribution >= 0.6 is 23.4 Å². The molecule has 7 nitrogen and oxygen atoms in total. The van der Waals surface area contributed by atoms with Crippen LogP contribution in [0.1, 0.15) is 17.3 Å². The van der Waals surface area contributed by atoms with Gasteiger partial charge in [-0.1, -0.05) is 29.4 Å². The van der Waals surface area contributed by atoms with E-state index in [1.54, 1.807) is 24.3 Å². The minimum absolute atomic E-state index is 0.00607. The van der Waals surface area contributed by atoms with E-state index in [4.69, 9.17) is 11.6 Å². The van der Waals surface area contributed by atoms with Gasteiger partial charge in [0.1, 0.15) is 5.03 Å². The van der Waals surface area contributed by atoms with Crippen molar-refractivity contribution in [2.45, 2.75) is 11.9 Å². The summed E-state index contributed by atoms with van der Waals surface area (Å²) < 4.78 is 0. The molecule has 2 aromatic carbocycles. The summed E-state index contributed by atoms with van der Waals surface area (Å²) in [6.07, 6.45) is 0. The molecule has 0 unspecified atom stereocenters. The first kappa shape index (κ1) is 23.1. The van der Waals surface area contributed by atoms with Crippen LogP contribution in [-0.4, -0.2) is 53.8 Å². The monoisotopic (exact) mass is 481 g/mol. The maximum atomic E-state index is 12.2. The standard InChI is InChI=1S/C24H24ClN5O2S/c1-17(31)18-5-7-20(8-6-18)26-23(32)16-33-24-10-9-22(27-28-24)30-13-11-29(12-14-30)21-4-2-3-19(25)15-21/h2-10,15H,11-14,16H2,1H3,(H,26,32). The second-order valence-electron chi connectivity index (χ2n) is 7.65. The number of nitrogens with one attached hydrogen (secondary N) is 1. The second kappa shape index (κ2) is 10.7. The minimum Gasteiger partial charge on any atom is -0.368 e. The summed E-state index contributed by atoms with van der Waals surface area (Å²) >= 11 is 7.44. The van der Waals surface area contributed by atoms with Crippen LogP contribution in [0.3, 0.4) is 0 Å².